The molecule has 0 bridgehead atoms. The lowest BCUT2D eigenvalue weighted by Crippen LogP contribution is -2.37. The number of nitrogens with one attached hydrogen (secondary N) is 2. The molecule has 4 aromatic rings. The van der Waals surface area contributed by atoms with Crippen LogP contribution in [0, 0.1) is 18.8 Å². The van der Waals surface area contributed by atoms with Crippen LogP contribution in [0.25, 0.3) is 16.7 Å². The molecule has 1 aromatic carbocycles. The molecular weight excluding hydrogens is 402 g/mol. The number of imidazole rings is 2. The molecule has 3 aromatic heterocycles. The van der Waals surface area contributed by atoms with Crippen molar-refractivity contribution in [3.63, 3.8) is 0 Å². The average Bonchev–Trinajstić information content (AvgIpc) is 3.14. The summed E-state index contributed by atoms with van der Waals surface area (Å²) in [6, 6.07) is 5.82. The second-order valence-corrected chi connectivity index (χ2v) is 7.96. The van der Waals surface area contributed by atoms with Crippen molar-refractivity contribution >= 4 is 39.9 Å². The Morgan fingerprint density at radius 1 is 1.40 bits per heavy atom. The van der Waals surface area contributed by atoms with Gasteiger partial charge < -0.3 is 16.0 Å². The Balaban J connectivity index is 1.32. The molecule has 3 heterocycles. The molecule has 9 heteroatoms. The van der Waals surface area contributed by atoms with E-state index in [0.717, 1.165) is 29.4 Å². The Morgan fingerprint density at radius 3 is 3.00 bits per heavy atom. The van der Waals surface area contributed by atoms with E-state index in [1.165, 1.54) is 6.20 Å². The van der Waals surface area contributed by atoms with E-state index in [-0.39, 0.29) is 11.4 Å². The number of aromatic nitrogens is 5. The molecule has 0 atom stereocenters. The zero-order chi connectivity index (χ0) is 20.9. The molecule has 150 valence electrons. The number of fused-ring (bicyclic) bond motifs is 2. The first-order chi connectivity index (χ1) is 14.5. The molecule has 0 aliphatic heterocycles. The normalized spacial score (nSPS) is 14.5. The molecule has 0 saturated heterocycles. The summed E-state index contributed by atoms with van der Waals surface area (Å²) in [6.45, 7) is 1.97. The van der Waals surface area contributed by atoms with Crippen LogP contribution in [0.15, 0.2) is 30.6 Å². The second kappa shape index (κ2) is 6.75. The van der Waals surface area contributed by atoms with Gasteiger partial charge in [-0.15, -0.1) is 0 Å². The molecule has 1 fully saturated rings. The largest absolute Gasteiger partial charge is 0.394 e. The number of hydrogen-bond donors (Lipinski definition) is 3. The molecule has 1 amide bonds. The molecule has 1 aliphatic rings. The molecule has 0 unspecified atom stereocenters. The van der Waals surface area contributed by atoms with Crippen molar-refractivity contribution in [2.24, 2.45) is 0 Å². The Hall–Kier alpha value is -3.57. The van der Waals surface area contributed by atoms with Crippen LogP contribution < -0.4 is 11.1 Å². The lowest BCUT2D eigenvalue weighted by atomic mass is 10.2. The van der Waals surface area contributed by atoms with E-state index in [9.17, 15) is 4.79 Å². The van der Waals surface area contributed by atoms with Gasteiger partial charge in [-0.05, 0) is 37.3 Å². The zero-order valence-corrected chi connectivity index (χ0v) is 16.9. The number of aromatic amines is 1. The highest BCUT2D eigenvalue weighted by Gasteiger charge is 2.43. The van der Waals surface area contributed by atoms with Gasteiger partial charge in [0.15, 0.2) is 11.5 Å². The van der Waals surface area contributed by atoms with E-state index in [2.05, 4.69) is 37.2 Å². The van der Waals surface area contributed by atoms with Crippen LogP contribution in [0.3, 0.4) is 0 Å². The molecule has 1 saturated carbocycles. The third-order valence-corrected chi connectivity index (χ3v) is 5.63. The number of carbonyl (C=O) groups excluding carboxylic acids is 1. The highest BCUT2D eigenvalue weighted by molar-refractivity contribution is 6.33. The number of carbonyl (C=O) groups is 1. The van der Waals surface area contributed by atoms with Gasteiger partial charge in [0.2, 0.25) is 0 Å². The molecule has 8 nitrogen and oxygen atoms in total. The number of amides is 1. The summed E-state index contributed by atoms with van der Waals surface area (Å²) in [5.74, 6) is 6.30. The van der Waals surface area contributed by atoms with Crippen LogP contribution in [-0.2, 0) is 0 Å². The van der Waals surface area contributed by atoms with E-state index in [1.807, 2.05) is 25.1 Å². The van der Waals surface area contributed by atoms with Crippen molar-refractivity contribution in [1.82, 2.24) is 29.9 Å². The van der Waals surface area contributed by atoms with E-state index in [1.54, 1.807) is 10.7 Å². The van der Waals surface area contributed by atoms with Gasteiger partial charge in [0, 0.05) is 6.42 Å². The van der Waals surface area contributed by atoms with E-state index in [4.69, 9.17) is 17.3 Å². The molecule has 0 spiro atoms. The number of H-pyrrole nitrogens is 1. The number of nitrogen functional groups attached to an aromatic ring is 1. The Labute approximate surface area is 176 Å². The Kier molecular flexibility index (Phi) is 4.15. The minimum absolute atomic E-state index is 0.219. The summed E-state index contributed by atoms with van der Waals surface area (Å²) >= 11 is 5.98. The molecule has 1 aliphatic carbocycles. The number of aryl methyl sites for hydroxylation is 1. The van der Waals surface area contributed by atoms with E-state index in [0.29, 0.717) is 34.3 Å². The molecule has 4 N–H and O–H groups in total. The lowest BCUT2D eigenvalue weighted by molar-refractivity contribution is 0.0923. The van der Waals surface area contributed by atoms with Gasteiger partial charge in [0.25, 0.3) is 5.91 Å². The number of anilines is 1. The monoisotopic (exact) mass is 419 g/mol. The number of benzene rings is 1. The molecule has 30 heavy (non-hydrogen) atoms. The first kappa shape index (κ1) is 18.5. The number of nitrogens with zero attached hydrogens (tertiary/aromatic N) is 4. The minimum atomic E-state index is -0.325. The third-order valence-electron chi connectivity index (χ3n) is 5.33. The maximum Gasteiger partial charge on any atom is 0.287 e. The van der Waals surface area contributed by atoms with E-state index >= 15 is 0 Å². The van der Waals surface area contributed by atoms with E-state index < -0.39 is 0 Å². The number of nitrogens with two attached hydrogens (primary N) is 1. The van der Waals surface area contributed by atoms with Crippen molar-refractivity contribution in [3.05, 3.63) is 52.7 Å². The summed E-state index contributed by atoms with van der Waals surface area (Å²) < 4.78 is 1.56. The first-order valence-corrected chi connectivity index (χ1v) is 9.88. The maximum absolute atomic E-state index is 12.7. The number of halogens is 1. The molecule has 0 radical (unpaired) electrons. The quantitative estimate of drug-likeness (QED) is 0.442. The SMILES string of the molecule is Cc1cccc2[nH]c(C(=O)NC3(CC#Cc4cnc5c(N)c(Cl)cnn45)CC3)nc12. The zero-order valence-electron chi connectivity index (χ0n) is 16.2. The van der Waals surface area contributed by atoms with Crippen LogP contribution in [-0.4, -0.2) is 36.0 Å². The Morgan fingerprint density at radius 2 is 2.23 bits per heavy atom. The fourth-order valence-electron chi connectivity index (χ4n) is 3.40. The fraction of sp³-hybridized carbons (Fsp3) is 0.238. The fourth-order valence-corrected chi connectivity index (χ4v) is 3.53. The summed E-state index contributed by atoms with van der Waals surface area (Å²) in [5.41, 5.74) is 9.75. The smallest absolute Gasteiger partial charge is 0.287 e. The minimum Gasteiger partial charge on any atom is -0.394 e. The summed E-state index contributed by atoms with van der Waals surface area (Å²) in [6.07, 6.45) is 5.35. The van der Waals surface area contributed by atoms with Gasteiger partial charge in [0.05, 0.1) is 39.7 Å². The summed E-state index contributed by atoms with van der Waals surface area (Å²) in [5, 5.41) is 7.65. The van der Waals surface area contributed by atoms with Gasteiger partial charge in [-0.3, -0.25) is 4.79 Å². The lowest BCUT2D eigenvalue weighted by Gasteiger charge is -2.12. The molecule has 5 rings (SSSR count). The van der Waals surface area contributed by atoms with Crippen molar-refractivity contribution in [2.75, 3.05) is 5.73 Å². The highest BCUT2D eigenvalue weighted by atomic mass is 35.5. The first-order valence-electron chi connectivity index (χ1n) is 9.50. The number of hydrogen-bond acceptors (Lipinski definition) is 5. The van der Waals surface area contributed by atoms with Gasteiger partial charge in [0.1, 0.15) is 5.69 Å². The summed E-state index contributed by atoms with van der Waals surface area (Å²) in [4.78, 5) is 24.5. The summed E-state index contributed by atoms with van der Waals surface area (Å²) in [7, 11) is 0. The predicted octanol–water partition coefficient (Wildman–Crippen LogP) is 2.85. The topological polar surface area (TPSA) is 114 Å². The van der Waals surface area contributed by atoms with Gasteiger partial charge >= 0.3 is 0 Å². The van der Waals surface area contributed by atoms with Gasteiger partial charge in [-0.25, -0.2) is 14.5 Å². The standard InChI is InChI=1S/C21H18ClN7O/c1-12-4-2-6-15-17(12)27-18(26-15)20(30)28-21(8-9-21)7-3-5-13-10-24-19-16(23)14(22)11-25-29(13)19/h2,4,6,10-11H,7-9,23H2,1H3,(H,26,27)(H,28,30). The average molecular weight is 420 g/mol. The van der Waals surface area contributed by atoms with Crippen molar-refractivity contribution < 1.29 is 4.79 Å². The van der Waals surface area contributed by atoms with Gasteiger partial charge in [-0.1, -0.05) is 29.7 Å². The van der Waals surface area contributed by atoms with Crippen LogP contribution in [0.2, 0.25) is 5.02 Å². The second-order valence-electron chi connectivity index (χ2n) is 7.55. The van der Waals surface area contributed by atoms with Crippen LogP contribution >= 0.6 is 11.6 Å². The maximum atomic E-state index is 12.7. The van der Waals surface area contributed by atoms with Crippen LogP contribution in [0.5, 0.6) is 0 Å². The van der Waals surface area contributed by atoms with Crippen LogP contribution in [0.1, 0.15) is 41.1 Å². The number of para-hydroxylation sites is 1. The van der Waals surface area contributed by atoms with Crippen molar-refractivity contribution in [2.45, 2.75) is 31.7 Å². The third kappa shape index (κ3) is 3.13. The predicted molar refractivity (Wildman–Crippen MR) is 114 cm³/mol. The molecular formula is C21H18ClN7O. The van der Waals surface area contributed by atoms with Crippen molar-refractivity contribution in [3.8, 4) is 11.8 Å². The van der Waals surface area contributed by atoms with Crippen molar-refractivity contribution in [1.29, 1.82) is 0 Å². The Bertz CT molecular complexity index is 1370. The van der Waals surface area contributed by atoms with Gasteiger partial charge in [-0.2, -0.15) is 5.10 Å². The highest BCUT2D eigenvalue weighted by Crippen LogP contribution is 2.38. The van der Waals surface area contributed by atoms with Crippen LogP contribution in [0.4, 0.5) is 5.69 Å². The number of rotatable bonds is 3.